The summed E-state index contributed by atoms with van der Waals surface area (Å²) in [6, 6.07) is 3.35. The quantitative estimate of drug-likeness (QED) is 0.926. The van der Waals surface area contributed by atoms with Gasteiger partial charge in [0.1, 0.15) is 11.6 Å². The minimum absolute atomic E-state index is 0.0619. The van der Waals surface area contributed by atoms with Crippen molar-refractivity contribution in [1.29, 1.82) is 0 Å². The van der Waals surface area contributed by atoms with Gasteiger partial charge in [0.25, 0.3) is 0 Å². The fourth-order valence-electron chi connectivity index (χ4n) is 1.55. The lowest BCUT2D eigenvalue weighted by atomic mass is 10.2. The van der Waals surface area contributed by atoms with E-state index in [2.05, 4.69) is 15.9 Å². The Morgan fingerprint density at radius 2 is 2.00 bits per heavy atom. The highest BCUT2D eigenvalue weighted by Gasteiger charge is 2.06. The molecule has 0 saturated heterocycles. The van der Waals surface area contributed by atoms with Crippen LogP contribution in [0.2, 0.25) is 0 Å². The van der Waals surface area contributed by atoms with Crippen LogP contribution in [-0.4, -0.2) is 4.57 Å². The van der Waals surface area contributed by atoms with Crippen LogP contribution in [0, 0.1) is 11.6 Å². The number of anilines is 1. The number of nitrogen functional groups attached to an aromatic ring is 1. The minimum atomic E-state index is -0.636. The lowest BCUT2D eigenvalue weighted by Crippen LogP contribution is -2.14. The van der Waals surface area contributed by atoms with Crippen molar-refractivity contribution in [1.82, 2.24) is 4.57 Å². The van der Waals surface area contributed by atoms with Crippen molar-refractivity contribution < 1.29 is 8.78 Å². The summed E-state index contributed by atoms with van der Waals surface area (Å²) in [5.41, 5.74) is 5.58. The van der Waals surface area contributed by atoms with Crippen LogP contribution in [0.5, 0.6) is 0 Å². The Morgan fingerprint density at radius 3 is 2.61 bits per heavy atom. The first-order valence-corrected chi connectivity index (χ1v) is 5.85. The van der Waals surface area contributed by atoms with Crippen molar-refractivity contribution in [3.8, 4) is 0 Å². The van der Waals surface area contributed by atoms with Crippen molar-refractivity contribution in [2.75, 3.05) is 5.73 Å². The van der Waals surface area contributed by atoms with E-state index in [-0.39, 0.29) is 17.7 Å². The normalized spacial score (nSPS) is 10.6. The third-order valence-electron chi connectivity index (χ3n) is 2.43. The molecule has 0 amide bonds. The predicted molar refractivity (Wildman–Crippen MR) is 68.3 cm³/mol. The third-order valence-corrected chi connectivity index (χ3v) is 3.00. The lowest BCUT2D eigenvalue weighted by Gasteiger charge is -2.09. The molecule has 0 aliphatic rings. The van der Waals surface area contributed by atoms with E-state index in [1.807, 2.05) is 0 Å². The first-order chi connectivity index (χ1) is 8.47. The van der Waals surface area contributed by atoms with Gasteiger partial charge in [-0.1, -0.05) is 6.07 Å². The minimum Gasteiger partial charge on any atom is -0.394 e. The summed E-state index contributed by atoms with van der Waals surface area (Å²) >= 11 is 3.07. The molecule has 0 unspecified atom stereocenters. The number of hydrogen-bond acceptors (Lipinski definition) is 2. The lowest BCUT2D eigenvalue weighted by molar-refractivity contribution is 0.566. The molecular weight excluding hydrogens is 306 g/mol. The molecule has 0 radical (unpaired) electrons. The predicted octanol–water partition coefficient (Wildman–Crippen LogP) is 2.52. The third kappa shape index (κ3) is 2.59. The van der Waals surface area contributed by atoms with Crippen LogP contribution in [0.1, 0.15) is 5.56 Å². The molecule has 1 aromatic carbocycles. The average Bonchev–Trinajstić information content (AvgIpc) is 2.29. The zero-order chi connectivity index (χ0) is 13.3. The van der Waals surface area contributed by atoms with Gasteiger partial charge < -0.3 is 10.3 Å². The number of nitrogens with zero attached hydrogens (tertiary/aromatic N) is 1. The summed E-state index contributed by atoms with van der Waals surface area (Å²) in [6.07, 6.45) is 2.91. The van der Waals surface area contributed by atoms with Crippen LogP contribution < -0.4 is 11.2 Å². The molecular formula is C12H9BrF2N2O. The Labute approximate surface area is 110 Å². The van der Waals surface area contributed by atoms with Gasteiger partial charge in [-0.25, -0.2) is 8.78 Å². The molecule has 3 nitrogen and oxygen atoms in total. The van der Waals surface area contributed by atoms with Crippen molar-refractivity contribution in [3.05, 3.63) is 62.5 Å². The summed E-state index contributed by atoms with van der Waals surface area (Å²) < 4.78 is 28.1. The van der Waals surface area contributed by atoms with Crippen molar-refractivity contribution in [2.45, 2.75) is 6.54 Å². The Morgan fingerprint density at radius 1 is 1.28 bits per heavy atom. The van der Waals surface area contributed by atoms with Gasteiger partial charge in [-0.3, -0.25) is 4.79 Å². The highest BCUT2D eigenvalue weighted by atomic mass is 79.9. The summed E-state index contributed by atoms with van der Waals surface area (Å²) in [5.74, 6) is -1.26. The van der Waals surface area contributed by atoms with Crippen LogP contribution in [0.15, 0.2) is 39.9 Å². The Balaban J connectivity index is 2.37. The summed E-state index contributed by atoms with van der Waals surface area (Å²) in [7, 11) is 0. The van der Waals surface area contributed by atoms with E-state index >= 15 is 0 Å². The maximum Gasteiger partial charge on any atom is 0.218 e. The zero-order valence-corrected chi connectivity index (χ0v) is 10.7. The van der Waals surface area contributed by atoms with Crippen molar-refractivity contribution in [3.63, 3.8) is 0 Å². The Bertz CT molecular complexity index is 629. The number of aromatic nitrogens is 1. The van der Waals surface area contributed by atoms with Gasteiger partial charge >= 0.3 is 0 Å². The standard InChI is InChI=1S/C12H9BrF2N2O/c13-9-5-17(6-11(16)12(9)18)4-7-1-2-8(14)3-10(7)15/h1-3,5-6H,4,16H2. The monoisotopic (exact) mass is 314 g/mol. The number of nitrogens with two attached hydrogens (primary N) is 1. The molecule has 0 spiro atoms. The molecule has 0 bridgehead atoms. The second-order valence-corrected chi connectivity index (χ2v) is 4.65. The van der Waals surface area contributed by atoms with E-state index in [0.29, 0.717) is 10.0 Å². The highest BCUT2D eigenvalue weighted by molar-refractivity contribution is 9.10. The van der Waals surface area contributed by atoms with E-state index < -0.39 is 11.6 Å². The molecule has 0 saturated carbocycles. The van der Waals surface area contributed by atoms with Gasteiger partial charge in [0.05, 0.1) is 16.7 Å². The SMILES string of the molecule is Nc1cn(Cc2ccc(F)cc2F)cc(Br)c1=O. The zero-order valence-electron chi connectivity index (χ0n) is 9.16. The van der Waals surface area contributed by atoms with Crippen molar-refractivity contribution in [2.24, 2.45) is 0 Å². The molecule has 1 aromatic heterocycles. The fourth-order valence-corrected chi connectivity index (χ4v) is 2.05. The number of rotatable bonds is 2. The number of benzene rings is 1. The first kappa shape index (κ1) is 12.8. The maximum atomic E-state index is 13.5. The van der Waals surface area contributed by atoms with Crippen LogP contribution in [0.4, 0.5) is 14.5 Å². The Hall–Kier alpha value is -1.69. The van der Waals surface area contributed by atoms with Gasteiger partial charge in [0.2, 0.25) is 5.43 Å². The molecule has 0 atom stereocenters. The molecule has 1 heterocycles. The van der Waals surface area contributed by atoms with Gasteiger partial charge in [0, 0.05) is 24.0 Å². The summed E-state index contributed by atoms with van der Waals surface area (Å²) in [4.78, 5) is 11.4. The average molecular weight is 315 g/mol. The van der Waals surface area contributed by atoms with Gasteiger partial charge in [-0.15, -0.1) is 0 Å². The summed E-state index contributed by atoms with van der Waals surface area (Å²) in [6.45, 7) is 0.162. The van der Waals surface area contributed by atoms with Crippen LogP contribution in [0.3, 0.4) is 0 Å². The fraction of sp³-hybridized carbons (Fsp3) is 0.0833. The smallest absolute Gasteiger partial charge is 0.218 e. The van der Waals surface area contributed by atoms with E-state index in [1.54, 1.807) is 4.57 Å². The first-order valence-electron chi connectivity index (χ1n) is 5.06. The highest BCUT2D eigenvalue weighted by Crippen LogP contribution is 2.13. The van der Waals surface area contributed by atoms with Gasteiger partial charge in [0.15, 0.2) is 0 Å². The second kappa shape index (κ2) is 4.89. The molecule has 2 rings (SSSR count). The number of pyridine rings is 1. The topological polar surface area (TPSA) is 48.0 Å². The van der Waals surface area contributed by atoms with Crippen molar-refractivity contribution >= 4 is 21.6 Å². The van der Waals surface area contributed by atoms with E-state index in [9.17, 15) is 13.6 Å². The number of hydrogen-bond donors (Lipinski definition) is 1. The van der Waals surface area contributed by atoms with Gasteiger partial charge in [-0.05, 0) is 22.0 Å². The second-order valence-electron chi connectivity index (χ2n) is 3.80. The van der Waals surface area contributed by atoms with Crippen LogP contribution >= 0.6 is 15.9 Å². The maximum absolute atomic E-state index is 13.5. The van der Waals surface area contributed by atoms with E-state index in [0.717, 1.165) is 6.07 Å². The number of halogens is 3. The molecule has 0 fully saturated rings. The van der Waals surface area contributed by atoms with Crippen LogP contribution in [0.25, 0.3) is 0 Å². The van der Waals surface area contributed by atoms with Crippen LogP contribution in [-0.2, 0) is 6.54 Å². The summed E-state index contributed by atoms with van der Waals surface area (Å²) in [5, 5.41) is 0. The molecule has 2 aromatic rings. The van der Waals surface area contributed by atoms with Gasteiger partial charge in [-0.2, -0.15) is 0 Å². The van der Waals surface area contributed by atoms with E-state index in [4.69, 9.17) is 5.73 Å². The van der Waals surface area contributed by atoms with E-state index in [1.165, 1.54) is 24.5 Å². The molecule has 2 N–H and O–H groups in total. The molecule has 94 valence electrons. The molecule has 18 heavy (non-hydrogen) atoms. The molecule has 6 heteroatoms. The Kier molecular flexibility index (Phi) is 3.47. The largest absolute Gasteiger partial charge is 0.394 e. The molecule has 0 aliphatic heterocycles. The molecule has 0 aliphatic carbocycles.